The highest BCUT2D eigenvalue weighted by atomic mass is 35.5. The molecule has 0 aliphatic heterocycles. The van der Waals surface area contributed by atoms with E-state index in [9.17, 15) is 9.90 Å². The Balaban J connectivity index is 2.30. The number of carbonyl (C=O) groups excluding carboxylic acids is 1. The van der Waals surface area contributed by atoms with E-state index in [0.717, 1.165) is 0 Å². The number of aliphatic hydroxyl groups excluding tert-OH is 1. The van der Waals surface area contributed by atoms with Crippen molar-refractivity contribution in [1.82, 2.24) is 5.32 Å². The van der Waals surface area contributed by atoms with Gasteiger partial charge >= 0.3 is 0 Å². The van der Waals surface area contributed by atoms with Crippen LogP contribution in [0.4, 0.5) is 0 Å². The summed E-state index contributed by atoms with van der Waals surface area (Å²) in [7, 11) is 0. The summed E-state index contributed by atoms with van der Waals surface area (Å²) in [5.74, 6) is 0.611. The van der Waals surface area contributed by atoms with Crippen molar-refractivity contribution in [2.24, 2.45) is 5.92 Å². The lowest BCUT2D eigenvalue weighted by Gasteiger charge is -2.17. The number of hydrogen-bond donors (Lipinski definition) is 2. The van der Waals surface area contributed by atoms with E-state index in [1.807, 2.05) is 20.8 Å². The van der Waals surface area contributed by atoms with Crippen LogP contribution in [0.3, 0.4) is 0 Å². The Bertz CT molecular complexity index is 420. The SMILES string of the molecule is CC(C)[C@@H](O)CC(=O)NC[C@@H](C)Oc1ccc(Cl)cc1. The van der Waals surface area contributed by atoms with Gasteiger partial charge in [-0.3, -0.25) is 4.79 Å². The number of ether oxygens (including phenoxy) is 1. The average Bonchev–Trinajstić information content (AvgIpc) is 2.39. The second kappa shape index (κ2) is 8.12. The third kappa shape index (κ3) is 6.26. The standard InChI is InChI=1S/C15H22ClNO3/c1-10(2)14(18)8-15(19)17-9-11(3)20-13-6-4-12(16)5-7-13/h4-7,10-11,14,18H,8-9H2,1-3H3,(H,17,19)/t11-,14+/m1/s1. The molecule has 112 valence electrons. The van der Waals surface area contributed by atoms with Crippen molar-refractivity contribution in [3.63, 3.8) is 0 Å². The van der Waals surface area contributed by atoms with Crippen LogP contribution in [0.2, 0.25) is 5.02 Å². The summed E-state index contributed by atoms with van der Waals surface area (Å²) in [6, 6.07) is 7.06. The van der Waals surface area contributed by atoms with Crippen molar-refractivity contribution in [3.05, 3.63) is 29.3 Å². The summed E-state index contributed by atoms with van der Waals surface area (Å²) in [6.45, 7) is 6.02. The first kappa shape index (κ1) is 16.8. The molecule has 0 heterocycles. The Morgan fingerprint density at radius 2 is 1.90 bits per heavy atom. The van der Waals surface area contributed by atoms with Gasteiger partial charge in [0.15, 0.2) is 0 Å². The second-order valence-corrected chi connectivity index (χ2v) is 5.64. The Morgan fingerprint density at radius 1 is 1.30 bits per heavy atom. The fraction of sp³-hybridized carbons (Fsp3) is 0.533. The summed E-state index contributed by atoms with van der Waals surface area (Å²) < 4.78 is 5.64. The highest BCUT2D eigenvalue weighted by molar-refractivity contribution is 6.30. The largest absolute Gasteiger partial charge is 0.489 e. The highest BCUT2D eigenvalue weighted by Crippen LogP contribution is 2.16. The van der Waals surface area contributed by atoms with Gasteiger partial charge in [-0.25, -0.2) is 0 Å². The molecule has 1 aromatic carbocycles. The molecule has 0 radical (unpaired) electrons. The van der Waals surface area contributed by atoms with Crippen molar-refractivity contribution < 1.29 is 14.6 Å². The van der Waals surface area contributed by atoms with E-state index in [-0.39, 0.29) is 24.3 Å². The fourth-order valence-electron chi connectivity index (χ4n) is 1.54. The first-order valence-corrected chi connectivity index (χ1v) is 7.13. The topological polar surface area (TPSA) is 58.6 Å². The Hall–Kier alpha value is -1.26. The predicted molar refractivity (Wildman–Crippen MR) is 80.0 cm³/mol. The number of nitrogens with one attached hydrogen (secondary N) is 1. The lowest BCUT2D eigenvalue weighted by molar-refractivity contribution is -0.123. The summed E-state index contributed by atoms with van der Waals surface area (Å²) >= 11 is 5.79. The molecule has 5 heteroatoms. The van der Waals surface area contributed by atoms with Gasteiger partial charge < -0.3 is 15.2 Å². The number of aliphatic hydroxyl groups is 1. The molecule has 0 unspecified atom stereocenters. The van der Waals surface area contributed by atoms with E-state index in [1.54, 1.807) is 24.3 Å². The van der Waals surface area contributed by atoms with Crippen molar-refractivity contribution in [2.45, 2.75) is 39.4 Å². The van der Waals surface area contributed by atoms with E-state index in [2.05, 4.69) is 5.32 Å². The number of hydrogen-bond acceptors (Lipinski definition) is 3. The average molecular weight is 300 g/mol. The van der Waals surface area contributed by atoms with Gasteiger partial charge in [-0.1, -0.05) is 25.4 Å². The van der Waals surface area contributed by atoms with Gasteiger partial charge in [0.05, 0.1) is 19.1 Å². The minimum Gasteiger partial charge on any atom is -0.489 e. The molecule has 1 rings (SSSR count). The first-order chi connectivity index (χ1) is 9.38. The van der Waals surface area contributed by atoms with Gasteiger partial charge in [0, 0.05) is 5.02 Å². The Kier molecular flexibility index (Phi) is 6.82. The molecule has 0 fully saturated rings. The molecule has 0 aliphatic rings. The van der Waals surface area contributed by atoms with Gasteiger partial charge in [-0.2, -0.15) is 0 Å². The molecule has 0 saturated carbocycles. The maximum absolute atomic E-state index is 11.6. The van der Waals surface area contributed by atoms with Gasteiger partial charge in [0.25, 0.3) is 0 Å². The normalized spacial score (nSPS) is 13.9. The van der Waals surface area contributed by atoms with Crippen molar-refractivity contribution in [2.75, 3.05) is 6.54 Å². The number of halogens is 1. The van der Waals surface area contributed by atoms with Crippen LogP contribution in [-0.4, -0.2) is 29.8 Å². The van der Waals surface area contributed by atoms with Crippen LogP contribution in [-0.2, 0) is 4.79 Å². The van der Waals surface area contributed by atoms with E-state index >= 15 is 0 Å². The van der Waals surface area contributed by atoms with Crippen LogP contribution < -0.4 is 10.1 Å². The van der Waals surface area contributed by atoms with Crippen molar-refractivity contribution >= 4 is 17.5 Å². The number of carbonyl (C=O) groups is 1. The number of amides is 1. The minimum absolute atomic E-state index is 0.0727. The minimum atomic E-state index is -0.609. The Labute approximate surface area is 125 Å². The van der Waals surface area contributed by atoms with Gasteiger partial charge in [0.1, 0.15) is 11.9 Å². The molecule has 20 heavy (non-hydrogen) atoms. The van der Waals surface area contributed by atoms with Gasteiger partial charge in [-0.15, -0.1) is 0 Å². The molecular weight excluding hydrogens is 278 g/mol. The molecule has 0 bridgehead atoms. The maximum Gasteiger partial charge on any atom is 0.222 e. The van der Waals surface area contributed by atoms with E-state index in [1.165, 1.54) is 0 Å². The van der Waals surface area contributed by atoms with Crippen molar-refractivity contribution in [3.8, 4) is 5.75 Å². The van der Waals surface area contributed by atoms with Gasteiger partial charge in [0.2, 0.25) is 5.91 Å². The zero-order valence-corrected chi connectivity index (χ0v) is 12.9. The molecule has 0 aliphatic carbocycles. The van der Waals surface area contributed by atoms with Crippen LogP contribution in [0, 0.1) is 5.92 Å². The molecule has 0 aromatic heterocycles. The van der Waals surface area contributed by atoms with E-state index in [4.69, 9.17) is 16.3 Å². The summed E-state index contributed by atoms with van der Waals surface area (Å²) in [5.41, 5.74) is 0. The monoisotopic (exact) mass is 299 g/mol. The molecule has 0 saturated heterocycles. The Morgan fingerprint density at radius 3 is 2.45 bits per heavy atom. The van der Waals surface area contributed by atoms with Crippen LogP contribution in [0.1, 0.15) is 27.2 Å². The number of benzene rings is 1. The fourth-order valence-corrected chi connectivity index (χ4v) is 1.67. The van der Waals surface area contributed by atoms with Crippen LogP contribution in [0.5, 0.6) is 5.75 Å². The van der Waals surface area contributed by atoms with Crippen LogP contribution in [0.25, 0.3) is 0 Å². The lowest BCUT2D eigenvalue weighted by Crippen LogP contribution is -2.36. The zero-order chi connectivity index (χ0) is 15.1. The van der Waals surface area contributed by atoms with Crippen LogP contribution in [0.15, 0.2) is 24.3 Å². The zero-order valence-electron chi connectivity index (χ0n) is 12.1. The molecule has 0 spiro atoms. The lowest BCUT2D eigenvalue weighted by atomic mass is 10.0. The van der Waals surface area contributed by atoms with Crippen LogP contribution >= 0.6 is 11.6 Å². The first-order valence-electron chi connectivity index (χ1n) is 6.75. The quantitative estimate of drug-likeness (QED) is 0.814. The summed E-state index contributed by atoms with van der Waals surface area (Å²) in [4.78, 5) is 11.6. The number of rotatable bonds is 7. The van der Waals surface area contributed by atoms with Gasteiger partial charge in [-0.05, 0) is 37.1 Å². The molecule has 2 N–H and O–H groups in total. The summed E-state index contributed by atoms with van der Waals surface area (Å²) in [6.07, 6.45) is -0.649. The third-order valence-corrected chi connectivity index (χ3v) is 3.15. The highest BCUT2D eigenvalue weighted by Gasteiger charge is 2.15. The maximum atomic E-state index is 11.6. The van der Waals surface area contributed by atoms with Crippen molar-refractivity contribution in [1.29, 1.82) is 0 Å². The molecular formula is C15H22ClNO3. The second-order valence-electron chi connectivity index (χ2n) is 5.20. The molecule has 1 aromatic rings. The smallest absolute Gasteiger partial charge is 0.222 e. The summed E-state index contributed by atoms with van der Waals surface area (Å²) in [5, 5.41) is 13.0. The molecule has 1 amide bonds. The molecule has 2 atom stereocenters. The van der Waals surface area contributed by atoms with E-state index in [0.29, 0.717) is 17.3 Å². The third-order valence-electron chi connectivity index (χ3n) is 2.90. The van der Waals surface area contributed by atoms with E-state index < -0.39 is 6.10 Å². The predicted octanol–water partition coefficient (Wildman–Crippen LogP) is 2.63. The molecule has 4 nitrogen and oxygen atoms in total.